The van der Waals surface area contributed by atoms with Crippen LogP contribution in [0.1, 0.15) is 29.3 Å². The van der Waals surface area contributed by atoms with Gasteiger partial charge in [-0.05, 0) is 37.1 Å². The lowest BCUT2D eigenvalue weighted by Crippen LogP contribution is -2.17. The second-order valence-electron chi connectivity index (χ2n) is 4.65. The van der Waals surface area contributed by atoms with Crippen molar-refractivity contribution in [2.75, 3.05) is 5.32 Å². The van der Waals surface area contributed by atoms with Crippen LogP contribution in [0.4, 0.5) is 11.5 Å². The highest BCUT2D eigenvalue weighted by Crippen LogP contribution is 2.33. The molecular weight excluding hydrogens is 256 g/mol. The summed E-state index contributed by atoms with van der Waals surface area (Å²) < 4.78 is 0. The number of anilines is 2. The van der Waals surface area contributed by atoms with Gasteiger partial charge < -0.3 is 15.4 Å². The van der Waals surface area contributed by atoms with E-state index in [1.165, 1.54) is 0 Å². The molecule has 3 rings (SSSR count). The quantitative estimate of drug-likeness (QED) is 0.763. The van der Waals surface area contributed by atoms with Crippen LogP contribution in [0.5, 0.6) is 0 Å². The third-order valence-corrected chi connectivity index (χ3v) is 3.34. The predicted molar refractivity (Wildman–Crippen MR) is 72.6 cm³/mol. The van der Waals surface area contributed by atoms with Crippen LogP contribution in [0.25, 0.3) is 0 Å². The summed E-state index contributed by atoms with van der Waals surface area (Å²) in [5, 5.41) is 21.6. The first kappa shape index (κ1) is 12.4. The number of nitriles is 1. The van der Waals surface area contributed by atoms with Gasteiger partial charge in [0, 0.05) is 11.3 Å². The van der Waals surface area contributed by atoms with Crippen LogP contribution in [-0.4, -0.2) is 15.1 Å². The first-order chi connectivity index (χ1) is 9.67. The van der Waals surface area contributed by atoms with Crippen molar-refractivity contribution >= 4 is 11.5 Å². The second kappa shape index (κ2) is 4.79. The molecule has 0 saturated carbocycles. The summed E-state index contributed by atoms with van der Waals surface area (Å²) in [6.07, 6.45) is 0.611. The van der Waals surface area contributed by atoms with Gasteiger partial charge in [-0.15, -0.1) is 0 Å². The molecule has 0 spiro atoms. The van der Waals surface area contributed by atoms with Gasteiger partial charge in [0.2, 0.25) is 0 Å². The van der Waals surface area contributed by atoms with Crippen LogP contribution in [-0.2, 0) is 6.42 Å². The molecule has 1 aromatic carbocycles. The van der Waals surface area contributed by atoms with Crippen molar-refractivity contribution in [1.82, 2.24) is 9.97 Å². The number of fused-ring (bicyclic) bond motifs is 1. The summed E-state index contributed by atoms with van der Waals surface area (Å²) >= 11 is 0. The number of hydrogen-bond donors (Lipinski definition) is 3. The second-order valence-corrected chi connectivity index (χ2v) is 4.65. The summed E-state index contributed by atoms with van der Waals surface area (Å²) in [5.74, 6) is 0.463. The minimum atomic E-state index is -0.637. The third-order valence-electron chi connectivity index (χ3n) is 3.34. The Morgan fingerprint density at radius 1 is 1.40 bits per heavy atom. The first-order valence-electron chi connectivity index (χ1n) is 6.25. The van der Waals surface area contributed by atoms with Gasteiger partial charge in [0.05, 0.1) is 23.4 Å². The smallest absolute Gasteiger partial charge is 0.347 e. The zero-order valence-corrected chi connectivity index (χ0v) is 10.6. The molecule has 1 atom stereocenters. The topological polar surface area (TPSA) is 102 Å². The predicted octanol–water partition coefficient (Wildman–Crippen LogP) is 1.36. The number of hydrogen-bond acceptors (Lipinski definition) is 5. The lowest BCUT2D eigenvalue weighted by atomic mass is 10.2. The van der Waals surface area contributed by atoms with E-state index in [0.717, 1.165) is 11.3 Å². The van der Waals surface area contributed by atoms with Gasteiger partial charge in [0.25, 0.3) is 0 Å². The number of aromatic nitrogens is 2. The molecule has 3 N–H and O–H groups in total. The van der Waals surface area contributed by atoms with Gasteiger partial charge in [0.1, 0.15) is 5.82 Å². The van der Waals surface area contributed by atoms with E-state index < -0.39 is 11.8 Å². The molecule has 2 aromatic rings. The van der Waals surface area contributed by atoms with E-state index in [4.69, 9.17) is 5.26 Å². The number of benzene rings is 1. The summed E-state index contributed by atoms with van der Waals surface area (Å²) in [7, 11) is 0. The van der Waals surface area contributed by atoms with E-state index in [1.807, 2.05) is 6.07 Å². The Bertz CT molecular complexity index is 743. The molecular formula is C14H12N4O2. The van der Waals surface area contributed by atoms with Crippen LogP contribution in [0.15, 0.2) is 29.1 Å². The number of aliphatic hydroxyl groups excluding tert-OH is 1. The minimum absolute atomic E-state index is 0.463. The number of aliphatic hydroxyl groups is 1. The Kier molecular flexibility index (Phi) is 2.97. The minimum Gasteiger partial charge on any atom is -0.387 e. The lowest BCUT2D eigenvalue weighted by Gasteiger charge is -2.10. The molecule has 100 valence electrons. The van der Waals surface area contributed by atoms with E-state index in [0.29, 0.717) is 29.9 Å². The molecule has 0 saturated heterocycles. The normalized spacial score (nSPS) is 16.5. The van der Waals surface area contributed by atoms with Gasteiger partial charge in [0.15, 0.2) is 0 Å². The van der Waals surface area contributed by atoms with Crippen molar-refractivity contribution in [3.05, 3.63) is 51.6 Å². The van der Waals surface area contributed by atoms with Crippen LogP contribution in [0.2, 0.25) is 0 Å². The van der Waals surface area contributed by atoms with Crippen molar-refractivity contribution in [2.45, 2.75) is 18.9 Å². The highest BCUT2D eigenvalue weighted by atomic mass is 16.3. The van der Waals surface area contributed by atoms with Gasteiger partial charge in [-0.1, -0.05) is 0 Å². The Morgan fingerprint density at radius 2 is 2.15 bits per heavy atom. The molecule has 0 radical (unpaired) electrons. The molecule has 0 fully saturated rings. The maximum absolute atomic E-state index is 11.5. The summed E-state index contributed by atoms with van der Waals surface area (Å²) in [4.78, 5) is 18.0. The number of rotatable bonds is 2. The molecule has 0 bridgehead atoms. The molecule has 1 aliphatic rings. The van der Waals surface area contributed by atoms with Crippen molar-refractivity contribution in [3.8, 4) is 6.07 Å². The molecule has 1 aliphatic carbocycles. The van der Waals surface area contributed by atoms with Crippen molar-refractivity contribution < 1.29 is 5.11 Å². The van der Waals surface area contributed by atoms with Crippen LogP contribution >= 0.6 is 0 Å². The van der Waals surface area contributed by atoms with Crippen molar-refractivity contribution in [3.63, 3.8) is 0 Å². The SMILES string of the molecule is N#Cc1ccc(Nc2nc(=O)[nH]c3c2CC[C@@H]3O)cc1. The van der Waals surface area contributed by atoms with Crippen LogP contribution in [0.3, 0.4) is 0 Å². The Hall–Kier alpha value is -2.65. The molecule has 0 aliphatic heterocycles. The maximum atomic E-state index is 11.5. The Labute approximate surface area is 114 Å². The van der Waals surface area contributed by atoms with Crippen LogP contribution in [0, 0.1) is 11.3 Å². The van der Waals surface area contributed by atoms with E-state index in [-0.39, 0.29) is 0 Å². The third kappa shape index (κ3) is 2.15. The van der Waals surface area contributed by atoms with Gasteiger partial charge >= 0.3 is 5.69 Å². The molecule has 6 nitrogen and oxygen atoms in total. The summed E-state index contributed by atoms with van der Waals surface area (Å²) in [6.45, 7) is 0. The fourth-order valence-corrected chi connectivity index (χ4v) is 2.35. The molecule has 20 heavy (non-hydrogen) atoms. The fraction of sp³-hybridized carbons (Fsp3) is 0.214. The Balaban J connectivity index is 1.97. The maximum Gasteiger partial charge on any atom is 0.347 e. The monoisotopic (exact) mass is 268 g/mol. The largest absolute Gasteiger partial charge is 0.387 e. The fourth-order valence-electron chi connectivity index (χ4n) is 2.35. The molecule has 0 amide bonds. The number of nitrogens with one attached hydrogen (secondary N) is 2. The standard InChI is InChI=1S/C14H12N4O2/c15-7-8-1-3-9(4-2-8)16-13-10-5-6-11(19)12(10)17-14(20)18-13/h1-4,11,19H,5-6H2,(H2,16,17,18,20)/t11-/m0/s1. The highest BCUT2D eigenvalue weighted by molar-refractivity contribution is 5.61. The number of aromatic amines is 1. The Morgan fingerprint density at radius 3 is 2.85 bits per heavy atom. The summed E-state index contributed by atoms with van der Waals surface area (Å²) in [6, 6.07) is 8.91. The first-order valence-corrected chi connectivity index (χ1v) is 6.25. The van der Waals surface area contributed by atoms with Crippen LogP contribution < -0.4 is 11.0 Å². The van der Waals surface area contributed by atoms with Gasteiger partial charge in [-0.25, -0.2) is 4.79 Å². The van der Waals surface area contributed by atoms with E-state index >= 15 is 0 Å². The van der Waals surface area contributed by atoms with E-state index in [2.05, 4.69) is 15.3 Å². The number of nitrogens with zero attached hydrogens (tertiary/aromatic N) is 2. The van der Waals surface area contributed by atoms with E-state index in [9.17, 15) is 9.90 Å². The van der Waals surface area contributed by atoms with E-state index in [1.54, 1.807) is 24.3 Å². The lowest BCUT2D eigenvalue weighted by molar-refractivity contribution is 0.175. The molecule has 6 heteroatoms. The van der Waals surface area contributed by atoms with Crippen molar-refractivity contribution in [1.29, 1.82) is 5.26 Å². The highest BCUT2D eigenvalue weighted by Gasteiger charge is 2.25. The zero-order chi connectivity index (χ0) is 14.1. The molecule has 1 aromatic heterocycles. The average molecular weight is 268 g/mol. The average Bonchev–Trinajstić information content (AvgIpc) is 2.81. The van der Waals surface area contributed by atoms with Gasteiger partial charge in [-0.3, -0.25) is 0 Å². The zero-order valence-electron chi connectivity index (χ0n) is 10.6. The molecule has 0 unspecified atom stereocenters. The molecule has 1 heterocycles. The summed E-state index contributed by atoms with van der Waals surface area (Å²) in [5.41, 5.74) is 2.20. The van der Waals surface area contributed by atoms with Crippen molar-refractivity contribution in [2.24, 2.45) is 0 Å². The van der Waals surface area contributed by atoms with Gasteiger partial charge in [-0.2, -0.15) is 10.2 Å². The number of H-pyrrole nitrogens is 1.